The molecule has 154 valence electrons. The molecule has 29 heavy (non-hydrogen) atoms. The lowest BCUT2D eigenvalue weighted by Gasteiger charge is -2.35. The van der Waals surface area contributed by atoms with Gasteiger partial charge >= 0.3 is 6.61 Å². The highest BCUT2D eigenvalue weighted by molar-refractivity contribution is 5.97. The molecule has 1 aliphatic rings. The molecule has 0 unspecified atom stereocenters. The van der Waals surface area contributed by atoms with Crippen LogP contribution in [0.25, 0.3) is 0 Å². The Bertz CT molecular complexity index is 868. The number of aryl methyl sites for hydroxylation is 1. The number of nitrogens with zero attached hydrogens (tertiary/aromatic N) is 2. The maximum atomic E-state index is 13.7. The van der Waals surface area contributed by atoms with Crippen LogP contribution in [0.2, 0.25) is 0 Å². The van der Waals surface area contributed by atoms with Crippen LogP contribution in [0.5, 0.6) is 5.75 Å². The van der Waals surface area contributed by atoms with Crippen LogP contribution in [0.3, 0.4) is 0 Å². The van der Waals surface area contributed by atoms with Gasteiger partial charge in [0, 0.05) is 32.6 Å². The van der Waals surface area contributed by atoms with E-state index in [0.717, 1.165) is 0 Å². The molecule has 1 heterocycles. The maximum absolute atomic E-state index is 13.7. The molecule has 2 aromatic rings. The monoisotopic (exact) mass is 406 g/mol. The van der Waals surface area contributed by atoms with Crippen LogP contribution in [0.15, 0.2) is 48.5 Å². The van der Waals surface area contributed by atoms with Crippen molar-refractivity contribution in [3.8, 4) is 5.75 Å². The number of hydrogen-bond donors (Lipinski definition) is 0. The van der Waals surface area contributed by atoms with E-state index in [1.165, 1.54) is 29.2 Å². The lowest BCUT2D eigenvalue weighted by atomic mass is 10.1. The SMILES string of the molecule is O=C(CCc1ccccc1F)N1CCN(C(=O)c2ccccc2OC(F)F)CC1. The number of piperazine rings is 1. The van der Waals surface area contributed by atoms with E-state index in [4.69, 9.17) is 0 Å². The highest BCUT2D eigenvalue weighted by Gasteiger charge is 2.26. The minimum absolute atomic E-state index is 0.0622. The number of carbonyl (C=O) groups is 2. The molecule has 0 spiro atoms. The van der Waals surface area contributed by atoms with E-state index >= 15 is 0 Å². The van der Waals surface area contributed by atoms with Crippen LogP contribution >= 0.6 is 0 Å². The summed E-state index contributed by atoms with van der Waals surface area (Å²) in [6.07, 6.45) is 0.489. The van der Waals surface area contributed by atoms with Crippen molar-refractivity contribution in [2.24, 2.45) is 0 Å². The Kier molecular flexibility index (Phi) is 6.74. The summed E-state index contributed by atoms with van der Waals surface area (Å²) in [4.78, 5) is 28.2. The van der Waals surface area contributed by atoms with Crippen molar-refractivity contribution in [2.75, 3.05) is 26.2 Å². The topological polar surface area (TPSA) is 49.9 Å². The highest BCUT2D eigenvalue weighted by Crippen LogP contribution is 2.22. The molecule has 1 aliphatic heterocycles. The van der Waals surface area contributed by atoms with Crippen molar-refractivity contribution in [2.45, 2.75) is 19.5 Å². The third-order valence-corrected chi connectivity index (χ3v) is 4.82. The molecule has 0 bridgehead atoms. The Balaban J connectivity index is 1.54. The number of amides is 2. The van der Waals surface area contributed by atoms with Crippen LogP contribution in [0, 0.1) is 5.82 Å². The van der Waals surface area contributed by atoms with Crippen LogP contribution in [0.1, 0.15) is 22.3 Å². The molecule has 0 N–H and O–H groups in total. The van der Waals surface area contributed by atoms with Gasteiger partial charge in [-0.1, -0.05) is 30.3 Å². The third kappa shape index (κ3) is 5.28. The van der Waals surface area contributed by atoms with Crippen molar-refractivity contribution >= 4 is 11.8 Å². The summed E-state index contributed by atoms with van der Waals surface area (Å²) in [6.45, 7) is -1.78. The predicted octanol–water partition coefficient (Wildman–Crippen LogP) is 3.34. The summed E-state index contributed by atoms with van der Waals surface area (Å²) in [5.74, 6) is -1.03. The molecule has 0 radical (unpaired) electrons. The van der Waals surface area contributed by atoms with Gasteiger partial charge in [-0.05, 0) is 30.2 Å². The molecule has 0 aliphatic carbocycles. The first-order valence-electron chi connectivity index (χ1n) is 9.30. The number of ether oxygens (including phenoxy) is 1. The molecular weight excluding hydrogens is 385 g/mol. The van der Waals surface area contributed by atoms with E-state index in [0.29, 0.717) is 25.1 Å². The molecule has 0 saturated carbocycles. The molecule has 1 fully saturated rings. The summed E-state index contributed by atoms with van der Waals surface area (Å²) in [5.41, 5.74) is 0.553. The second kappa shape index (κ2) is 9.45. The van der Waals surface area contributed by atoms with Gasteiger partial charge < -0.3 is 14.5 Å². The van der Waals surface area contributed by atoms with Crippen LogP contribution < -0.4 is 4.74 Å². The number of halogens is 3. The number of benzene rings is 2. The summed E-state index contributed by atoms with van der Waals surface area (Å²) in [5, 5.41) is 0. The van der Waals surface area contributed by atoms with E-state index in [2.05, 4.69) is 4.74 Å². The number of alkyl halides is 2. The lowest BCUT2D eigenvalue weighted by Crippen LogP contribution is -2.50. The maximum Gasteiger partial charge on any atom is 0.387 e. The van der Waals surface area contributed by atoms with Crippen LogP contribution in [0.4, 0.5) is 13.2 Å². The van der Waals surface area contributed by atoms with Crippen molar-refractivity contribution in [1.82, 2.24) is 9.80 Å². The first-order chi connectivity index (χ1) is 14.0. The zero-order valence-electron chi connectivity index (χ0n) is 15.7. The van der Waals surface area contributed by atoms with Crippen molar-refractivity contribution in [3.63, 3.8) is 0 Å². The molecule has 5 nitrogen and oxygen atoms in total. The number of para-hydroxylation sites is 1. The van der Waals surface area contributed by atoms with Crippen molar-refractivity contribution in [3.05, 3.63) is 65.5 Å². The van der Waals surface area contributed by atoms with Gasteiger partial charge in [0.15, 0.2) is 0 Å². The van der Waals surface area contributed by atoms with E-state index in [-0.39, 0.29) is 42.5 Å². The standard InChI is InChI=1S/C21H21F3N2O3/c22-17-7-3-1-5-15(17)9-10-19(27)25-11-13-26(14-12-25)20(28)16-6-2-4-8-18(16)29-21(23)24/h1-8,21H,9-14H2. The first-order valence-corrected chi connectivity index (χ1v) is 9.30. The largest absolute Gasteiger partial charge is 0.434 e. The zero-order valence-corrected chi connectivity index (χ0v) is 15.7. The van der Waals surface area contributed by atoms with E-state index in [1.54, 1.807) is 29.2 Å². The Hall–Kier alpha value is -3.03. The quantitative estimate of drug-likeness (QED) is 0.739. The number of rotatable bonds is 6. The molecule has 0 aromatic heterocycles. The molecule has 2 amide bonds. The summed E-state index contributed by atoms with van der Waals surface area (Å²) in [6, 6.07) is 12.2. The Morgan fingerprint density at radius 2 is 1.55 bits per heavy atom. The molecule has 2 aromatic carbocycles. The average molecular weight is 406 g/mol. The number of carbonyl (C=O) groups excluding carboxylic acids is 2. The molecular formula is C21H21F3N2O3. The fourth-order valence-electron chi connectivity index (χ4n) is 3.27. The molecule has 0 atom stereocenters. The fourth-order valence-corrected chi connectivity index (χ4v) is 3.27. The normalized spacial score (nSPS) is 14.2. The Morgan fingerprint density at radius 3 is 2.24 bits per heavy atom. The summed E-state index contributed by atoms with van der Waals surface area (Å²) in [7, 11) is 0. The van der Waals surface area contributed by atoms with Gasteiger partial charge in [0.2, 0.25) is 5.91 Å². The van der Waals surface area contributed by atoms with Gasteiger partial charge in [-0.15, -0.1) is 0 Å². The minimum Gasteiger partial charge on any atom is -0.434 e. The Morgan fingerprint density at radius 1 is 0.931 bits per heavy atom. The molecule has 1 saturated heterocycles. The van der Waals surface area contributed by atoms with E-state index < -0.39 is 12.5 Å². The average Bonchev–Trinajstić information content (AvgIpc) is 2.72. The van der Waals surface area contributed by atoms with Gasteiger partial charge in [-0.2, -0.15) is 8.78 Å². The number of hydrogen-bond acceptors (Lipinski definition) is 3. The summed E-state index contributed by atoms with van der Waals surface area (Å²) >= 11 is 0. The second-order valence-corrected chi connectivity index (χ2v) is 6.64. The van der Waals surface area contributed by atoms with Gasteiger partial charge in [-0.25, -0.2) is 4.39 Å². The summed E-state index contributed by atoms with van der Waals surface area (Å²) < 4.78 is 43.2. The predicted molar refractivity (Wildman–Crippen MR) is 100 cm³/mol. The van der Waals surface area contributed by atoms with E-state index in [1.807, 2.05) is 0 Å². The van der Waals surface area contributed by atoms with Gasteiger partial charge in [0.1, 0.15) is 11.6 Å². The zero-order chi connectivity index (χ0) is 20.8. The van der Waals surface area contributed by atoms with Gasteiger partial charge in [-0.3, -0.25) is 9.59 Å². The van der Waals surface area contributed by atoms with Crippen molar-refractivity contribution < 1.29 is 27.5 Å². The molecule has 3 rings (SSSR count). The lowest BCUT2D eigenvalue weighted by molar-refractivity contribution is -0.132. The van der Waals surface area contributed by atoms with Crippen molar-refractivity contribution in [1.29, 1.82) is 0 Å². The van der Waals surface area contributed by atoms with E-state index in [9.17, 15) is 22.8 Å². The van der Waals surface area contributed by atoms with Crippen LogP contribution in [-0.4, -0.2) is 54.4 Å². The molecule has 8 heteroatoms. The third-order valence-electron chi connectivity index (χ3n) is 4.82. The van der Waals surface area contributed by atoms with Gasteiger partial charge in [0.25, 0.3) is 5.91 Å². The minimum atomic E-state index is -3.02. The highest BCUT2D eigenvalue weighted by atomic mass is 19.3. The Labute approximate surface area is 166 Å². The van der Waals surface area contributed by atoms with Gasteiger partial charge in [0.05, 0.1) is 5.56 Å². The smallest absolute Gasteiger partial charge is 0.387 e. The first kappa shape index (κ1) is 20.7. The van der Waals surface area contributed by atoms with Crippen LogP contribution in [-0.2, 0) is 11.2 Å². The fraction of sp³-hybridized carbons (Fsp3) is 0.333. The second-order valence-electron chi connectivity index (χ2n) is 6.64.